The van der Waals surface area contributed by atoms with Gasteiger partial charge in [-0.25, -0.2) is 0 Å². The van der Waals surface area contributed by atoms with Crippen LogP contribution in [0.2, 0.25) is 0 Å². The van der Waals surface area contributed by atoms with E-state index in [-0.39, 0.29) is 0 Å². The van der Waals surface area contributed by atoms with Crippen LogP contribution < -0.4 is 0 Å². The van der Waals surface area contributed by atoms with E-state index in [9.17, 15) is 0 Å². The van der Waals surface area contributed by atoms with Gasteiger partial charge >= 0.3 is 0 Å². The summed E-state index contributed by atoms with van der Waals surface area (Å²) in [5, 5.41) is 5.04. The van der Waals surface area contributed by atoms with Crippen LogP contribution in [-0.2, 0) is 0 Å². The molecule has 0 saturated carbocycles. The molecule has 2 heterocycles. The molecule has 2 nitrogen and oxygen atoms in total. The van der Waals surface area contributed by atoms with Crippen molar-refractivity contribution in [3.8, 4) is 44.8 Å². The molecule has 8 aromatic carbocycles. The summed E-state index contributed by atoms with van der Waals surface area (Å²) in [5.41, 5.74) is 14.5. The Morgan fingerprint density at radius 1 is 0.220 bits per heavy atom. The summed E-state index contributed by atoms with van der Waals surface area (Å²) in [6, 6.07) is 70.4. The summed E-state index contributed by atoms with van der Waals surface area (Å²) in [6.45, 7) is 0. The molecule has 0 aliphatic rings. The molecule has 234 valence electrons. The van der Waals surface area contributed by atoms with Crippen LogP contribution in [0.3, 0.4) is 0 Å². The minimum Gasteiger partial charge on any atom is -0.309 e. The third-order valence-corrected chi connectivity index (χ3v) is 10.1. The Kier molecular flexibility index (Phi) is 6.53. The zero-order valence-corrected chi connectivity index (χ0v) is 27.4. The Morgan fingerprint density at radius 3 is 1.22 bits per heavy atom. The van der Waals surface area contributed by atoms with Gasteiger partial charge in [0.25, 0.3) is 0 Å². The maximum Gasteiger partial charge on any atom is 0.0547 e. The van der Waals surface area contributed by atoms with Gasteiger partial charge < -0.3 is 9.13 Å². The van der Waals surface area contributed by atoms with E-state index in [0.29, 0.717) is 0 Å². The highest BCUT2D eigenvalue weighted by Gasteiger charge is 2.15. The van der Waals surface area contributed by atoms with Crippen molar-refractivity contribution in [1.82, 2.24) is 9.13 Å². The predicted octanol–water partition coefficient (Wildman–Crippen LogP) is 12.9. The van der Waals surface area contributed by atoms with Gasteiger partial charge in [0.05, 0.1) is 22.1 Å². The van der Waals surface area contributed by atoms with Crippen LogP contribution in [-0.4, -0.2) is 9.13 Å². The van der Waals surface area contributed by atoms with Crippen LogP contribution in [0, 0.1) is 0 Å². The van der Waals surface area contributed by atoms with E-state index in [4.69, 9.17) is 0 Å². The average Bonchev–Trinajstić information content (AvgIpc) is 3.71. The molecule has 0 bridgehead atoms. The molecule has 2 aromatic heterocycles. The molecule has 0 unspecified atom stereocenters. The van der Waals surface area contributed by atoms with Crippen molar-refractivity contribution in [3.05, 3.63) is 194 Å². The van der Waals surface area contributed by atoms with Gasteiger partial charge in [0, 0.05) is 32.9 Å². The number of benzene rings is 8. The number of para-hydroxylation sites is 2. The lowest BCUT2D eigenvalue weighted by Gasteiger charge is -2.11. The van der Waals surface area contributed by atoms with Gasteiger partial charge in [-0.2, -0.15) is 0 Å². The summed E-state index contributed by atoms with van der Waals surface area (Å²) >= 11 is 0. The predicted molar refractivity (Wildman–Crippen MR) is 211 cm³/mol. The minimum atomic E-state index is 1.15. The van der Waals surface area contributed by atoms with E-state index in [1.165, 1.54) is 77.0 Å². The van der Waals surface area contributed by atoms with E-state index in [2.05, 4.69) is 203 Å². The normalized spacial score (nSPS) is 11.6. The zero-order chi connectivity index (χ0) is 33.0. The fourth-order valence-corrected chi connectivity index (χ4v) is 7.73. The fraction of sp³-hybridized carbons (Fsp3) is 0. The maximum atomic E-state index is 2.40. The van der Waals surface area contributed by atoms with Gasteiger partial charge in [0.1, 0.15) is 0 Å². The van der Waals surface area contributed by atoms with Crippen LogP contribution in [0.5, 0.6) is 0 Å². The SMILES string of the molecule is c1ccc(-c2ccc(-n3c4ccccc4c4cc(-c5ccc(-n6c7ccccc7c7ccc(-c8ccccc8)cc76)cc5)ccc43)cc2)cc1. The Labute approximate surface area is 290 Å². The van der Waals surface area contributed by atoms with Gasteiger partial charge in [0.2, 0.25) is 0 Å². The molecule has 0 radical (unpaired) electrons. The van der Waals surface area contributed by atoms with Gasteiger partial charge in [-0.1, -0.05) is 140 Å². The molecular weight excluding hydrogens is 605 g/mol. The highest BCUT2D eigenvalue weighted by molar-refractivity contribution is 6.11. The quantitative estimate of drug-likeness (QED) is 0.178. The van der Waals surface area contributed by atoms with E-state index < -0.39 is 0 Å². The first-order chi connectivity index (χ1) is 24.8. The second kappa shape index (κ2) is 11.5. The molecule has 10 rings (SSSR count). The molecule has 0 aliphatic carbocycles. The molecule has 0 aliphatic heterocycles. The van der Waals surface area contributed by atoms with Crippen molar-refractivity contribution < 1.29 is 0 Å². The topological polar surface area (TPSA) is 9.86 Å². The molecular formula is C48H32N2. The second-order valence-corrected chi connectivity index (χ2v) is 13.0. The Bertz CT molecular complexity index is 2820. The van der Waals surface area contributed by atoms with E-state index in [1.54, 1.807) is 0 Å². The lowest BCUT2D eigenvalue weighted by atomic mass is 10.0. The molecule has 2 heteroatoms. The first-order valence-electron chi connectivity index (χ1n) is 17.2. The van der Waals surface area contributed by atoms with Crippen molar-refractivity contribution in [2.45, 2.75) is 0 Å². The largest absolute Gasteiger partial charge is 0.309 e. The number of hydrogen-bond acceptors (Lipinski definition) is 0. The first-order valence-corrected chi connectivity index (χ1v) is 17.2. The van der Waals surface area contributed by atoms with Crippen LogP contribution in [0.1, 0.15) is 0 Å². The number of rotatable bonds is 5. The van der Waals surface area contributed by atoms with E-state index in [0.717, 1.165) is 11.4 Å². The Hall–Kier alpha value is -6.64. The lowest BCUT2D eigenvalue weighted by Crippen LogP contribution is -1.94. The summed E-state index contributed by atoms with van der Waals surface area (Å²) in [6.07, 6.45) is 0. The number of aromatic nitrogens is 2. The minimum absolute atomic E-state index is 1.15. The van der Waals surface area contributed by atoms with Crippen molar-refractivity contribution in [1.29, 1.82) is 0 Å². The number of hydrogen-bond donors (Lipinski definition) is 0. The summed E-state index contributed by atoms with van der Waals surface area (Å²) < 4.78 is 4.79. The van der Waals surface area contributed by atoms with Crippen LogP contribution >= 0.6 is 0 Å². The summed E-state index contributed by atoms with van der Waals surface area (Å²) in [4.78, 5) is 0. The molecule has 0 spiro atoms. The molecule has 50 heavy (non-hydrogen) atoms. The smallest absolute Gasteiger partial charge is 0.0547 e. The summed E-state index contributed by atoms with van der Waals surface area (Å²) in [7, 11) is 0. The fourth-order valence-electron chi connectivity index (χ4n) is 7.73. The Morgan fingerprint density at radius 2 is 0.600 bits per heavy atom. The van der Waals surface area contributed by atoms with Gasteiger partial charge in [-0.15, -0.1) is 0 Å². The van der Waals surface area contributed by atoms with Crippen LogP contribution in [0.15, 0.2) is 194 Å². The third-order valence-electron chi connectivity index (χ3n) is 10.1. The number of fused-ring (bicyclic) bond motifs is 6. The first kappa shape index (κ1) is 28.4. The maximum absolute atomic E-state index is 2.40. The molecule has 0 N–H and O–H groups in total. The molecule has 0 fully saturated rings. The highest BCUT2D eigenvalue weighted by atomic mass is 15.0. The van der Waals surface area contributed by atoms with Crippen molar-refractivity contribution >= 4 is 43.6 Å². The third kappa shape index (κ3) is 4.57. The zero-order valence-electron chi connectivity index (χ0n) is 27.4. The lowest BCUT2D eigenvalue weighted by molar-refractivity contribution is 1.18. The molecule has 0 amide bonds. The van der Waals surface area contributed by atoms with Crippen LogP contribution in [0.25, 0.3) is 88.4 Å². The molecule has 10 aromatic rings. The Balaban J connectivity index is 1.06. The summed E-state index contributed by atoms with van der Waals surface area (Å²) in [5.74, 6) is 0. The van der Waals surface area contributed by atoms with Crippen LogP contribution in [0.4, 0.5) is 0 Å². The standard InChI is InChI=1S/C48H32N2/c1-3-11-33(12-4-1)35-19-25-39(26-20-35)49-46-18-10-8-16-42(46)44-31-37(24-30-47(44)49)36-21-27-40(28-22-36)50-45-17-9-7-15-41(45)43-29-23-38(32-48(43)50)34-13-5-2-6-14-34/h1-32H. The monoisotopic (exact) mass is 636 g/mol. The molecule has 0 atom stereocenters. The average molecular weight is 637 g/mol. The van der Waals surface area contributed by atoms with Crippen molar-refractivity contribution in [2.24, 2.45) is 0 Å². The van der Waals surface area contributed by atoms with E-state index >= 15 is 0 Å². The number of nitrogens with zero attached hydrogens (tertiary/aromatic N) is 2. The van der Waals surface area contributed by atoms with E-state index in [1.807, 2.05) is 0 Å². The van der Waals surface area contributed by atoms with Gasteiger partial charge in [-0.05, 0) is 88.0 Å². The second-order valence-electron chi connectivity index (χ2n) is 13.0. The molecule has 0 saturated heterocycles. The van der Waals surface area contributed by atoms with Gasteiger partial charge in [-0.3, -0.25) is 0 Å². The van der Waals surface area contributed by atoms with Crippen molar-refractivity contribution in [3.63, 3.8) is 0 Å². The highest BCUT2D eigenvalue weighted by Crippen LogP contribution is 2.38. The van der Waals surface area contributed by atoms with Crippen molar-refractivity contribution in [2.75, 3.05) is 0 Å². The van der Waals surface area contributed by atoms with Gasteiger partial charge in [0.15, 0.2) is 0 Å².